The molecule has 0 aliphatic rings. The van der Waals surface area contributed by atoms with E-state index < -0.39 is 0 Å². The van der Waals surface area contributed by atoms with Crippen LogP contribution in [0.5, 0.6) is 0 Å². The van der Waals surface area contributed by atoms with Crippen molar-refractivity contribution in [1.29, 1.82) is 0 Å². The standard InChI is InChI=1S/C5H11NO.CH4/c1-5(7)4-6(2)3;/h4H2,1-3H3;1H4. The lowest BCUT2D eigenvalue weighted by Gasteiger charge is -2.03. The highest BCUT2D eigenvalue weighted by Crippen LogP contribution is 1.72. The predicted molar refractivity (Wildman–Crippen MR) is 36.0 cm³/mol. The zero-order valence-corrected chi connectivity index (χ0v) is 5.06. The summed E-state index contributed by atoms with van der Waals surface area (Å²) in [5.41, 5.74) is 0. The molecule has 0 saturated carbocycles. The van der Waals surface area contributed by atoms with Gasteiger partial charge in [0.15, 0.2) is 0 Å². The van der Waals surface area contributed by atoms with Crippen LogP contribution in [0.25, 0.3) is 0 Å². The summed E-state index contributed by atoms with van der Waals surface area (Å²) in [6, 6.07) is 0. The third-order valence-electron chi connectivity index (χ3n) is 0.539. The zero-order valence-electron chi connectivity index (χ0n) is 5.06. The average molecular weight is 117 g/mol. The third-order valence-corrected chi connectivity index (χ3v) is 0.539. The van der Waals surface area contributed by atoms with Crippen LogP contribution in [0.3, 0.4) is 0 Å². The van der Waals surface area contributed by atoms with E-state index in [9.17, 15) is 4.79 Å². The van der Waals surface area contributed by atoms with Crippen LogP contribution in [0.2, 0.25) is 0 Å². The summed E-state index contributed by atoms with van der Waals surface area (Å²) in [6.07, 6.45) is 0. The van der Waals surface area contributed by atoms with E-state index in [1.165, 1.54) is 0 Å². The molecule has 0 heterocycles. The van der Waals surface area contributed by atoms with Crippen molar-refractivity contribution in [2.45, 2.75) is 14.4 Å². The van der Waals surface area contributed by atoms with E-state index in [0.717, 1.165) is 0 Å². The molecule has 0 rings (SSSR count). The van der Waals surface area contributed by atoms with Crippen LogP contribution < -0.4 is 0 Å². The molecule has 0 atom stereocenters. The molecule has 2 heteroatoms. The molecule has 8 heavy (non-hydrogen) atoms. The van der Waals surface area contributed by atoms with Gasteiger partial charge in [-0.2, -0.15) is 0 Å². The first kappa shape index (κ1) is 10.6. The minimum absolute atomic E-state index is 0. The highest BCUT2D eigenvalue weighted by atomic mass is 16.1. The topological polar surface area (TPSA) is 20.3 Å². The van der Waals surface area contributed by atoms with E-state index in [1.54, 1.807) is 6.92 Å². The zero-order chi connectivity index (χ0) is 5.86. The Morgan fingerprint density at radius 3 is 1.88 bits per heavy atom. The highest BCUT2D eigenvalue weighted by Gasteiger charge is 1.91. The van der Waals surface area contributed by atoms with Crippen molar-refractivity contribution in [3.8, 4) is 0 Å². The van der Waals surface area contributed by atoms with Gasteiger partial charge < -0.3 is 4.90 Å². The lowest BCUT2D eigenvalue weighted by molar-refractivity contribution is -0.117. The van der Waals surface area contributed by atoms with Gasteiger partial charge in [-0.3, -0.25) is 4.79 Å². The van der Waals surface area contributed by atoms with E-state index in [0.29, 0.717) is 6.54 Å². The molecule has 2 nitrogen and oxygen atoms in total. The van der Waals surface area contributed by atoms with Gasteiger partial charge in [0.1, 0.15) is 5.78 Å². The van der Waals surface area contributed by atoms with Crippen molar-refractivity contribution in [3.05, 3.63) is 0 Å². The van der Waals surface area contributed by atoms with Gasteiger partial charge in [-0.25, -0.2) is 0 Å². The molecule has 0 aromatic carbocycles. The lowest BCUT2D eigenvalue weighted by Crippen LogP contribution is -2.18. The Labute approximate surface area is 51.5 Å². The Morgan fingerprint density at radius 1 is 1.50 bits per heavy atom. The summed E-state index contributed by atoms with van der Waals surface area (Å²) in [5, 5.41) is 0. The Morgan fingerprint density at radius 2 is 1.88 bits per heavy atom. The SMILES string of the molecule is C.CC(=O)CN(C)C. The molecule has 0 aromatic heterocycles. The van der Waals surface area contributed by atoms with Crippen molar-refractivity contribution in [3.63, 3.8) is 0 Å². The Kier molecular flexibility index (Phi) is 6.32. The van der Waals surface area contributed by atoms with Gasteiger partial charge >= 0.3 is 0 Å². The monoisotopic (exact) mass is 117 g/mol. The Bertz CT molecular complexity index is 68.9. The van der Waals surface area contributed by atoms with E-state index in [4.69, 9.17) is 0 Å². The van der Waals surface area contributed by atoms with Gasteiger partial charge in [0.25, 0.3) is 0 Å². The summed E-state index contributed by atoms with van der Waals surface area (Å²) in [4.78, 5) is 12.1. The molecule has 0 spiro atoms. The molecule has 0 N–H and O–H groups in total. The molecular formula is C6H15NO. The van der Waals surface area contributed by atoms with Crippen LogP contribution in [-0.2, 0) is 4.79 Å². The number of hydrogen-bond acceptors (Lipinski definition) is 2. The van der Waals surface area contributed by atoms with Crippen LogP contribution in [0.1, 0.15) is 14.4 Å². The molecule has 0 bridgehead atoms. The number of hydrogen-bond donors (Lipinski definition) is 0. The van der Waals surface area contributed by atoms with Crippen LogP contribution in [0.15, 0.2) is 0 Å². The van der Waals surface area contributed by atoms with Crippen molar-refractivity contribution in [1.82, 2.24) is 4.90 Å². The number of nitrogens with zero attached hydrogens (tertiary/aromatic N) is 1. The number of rotatable bonds is 2. The first-order chi connectivity index (χ1) is 3.13. The molecule has 0 aromatic rings. The number of ketones is 1. The Balaban J connectivity index is 0. The van der Waals surface area contributed by atoms with E-state index >= 15 is 0 Å². The summed E-state index contributed by atoms with van der Waals surface area (Å²) in [7, 11) is 3.75. The van der Waals surface area contributed by atoms with E-state index in [1.807, 2.05) is 19.0 Å². The van der Waals surface area contributed by atoms with Gasteiger partial charge in [0, 0.05) is 0 Å². The Hall–Kier alpha value is -0.370. The summed E-state index contributed by atoms with van der Waals surface area (Å²) in [5.74, 6) is 0.213. The second kappa shape index (κ2) is 4.78. The van der Waals surface area contributed by atoms with Gasteiger partial charge in [0.05, 0.1) is 6.54 Å². The molecule has 0 unspecified atom stereocenters. The minimum Gasteiger partial charge on any atom is -0.302 e. The van der Waals surface area contributed by atoms with Gasteiger partial charge in [0.2, 0.25) is 0 Å². The largest absolute Gasteiger partial charge is 0.302 e. The van der Waals surface area contributed by atoms with Crippen molar-refractivity contribution in [2.75, 3.05) is 20.6 Å². The molecule has 50 valence electrons. The maximum absolute atomic E-state index is 10.2. The fourth-order valence-electron chi connectivity index (χ4n) is 0.445. The number of carbonyl (C=O) groups excluding carboxylic acids is 1. The number of carbonyl (C=O) groups is 1. The lowest BCUT2D eigenvalue weighted by atomic mass is 10.4. The average Bonchev–Trinajstić information content (AvgIpc) is 1.27. The van der Waals surface area contributed by atoms with Crippen LogP contribution in [0.4, 0.5) is 0 Å². The second-order valence-electron chi connectivity index (χ2n) is 1.94. The quantitative estimate of drug-likeness (QED) is 0.532. The van der Waals surface area contributed by atoms with Crippen LogP contribution in [-0.4, -0.2) is 31.3 Å². The van der Waals surface area contributed by atoms with E-state index in [-0.39, 0.29) is 13.2 Å². The van der Waals surface area contributed by atoms with Gasteiger partial charge in [-0.05, 0) is 21.0 Å². The maximum atomic E-state index is 10.2. The maximum Gasteiger partial charge on any atom is 0.143 e. The summed E-state index contributed by atoms with van der Waals surface area (Å²) >= 11 is 0. The van der Waals surface area contributed by atoms with Crippen LogP contribution >= 0.6 is 0 Å². The first-order valence-corrected chi connectivity index (χ1v) is 2.27. The second-order valence-corrected chi connectivity index (χ2v) is 1.94. The molecule has 0 fully saturated rings. The highest BCUT2D eigenvalue weighted by molar-refractivity contribution is 5.77. The summed E-state index contributed by atoms with van der Waals surface area (Å²) in [6.45, 7) is 2.14. The normalized spacial score (nSPS) is 8.50. The molecule has 0 aliphatic carbocycles. The van der Waals surface area contributed by atoms with E-state index in [2.05, 4.69) is 0 Å². The minimum atomic E-state index is 0. The van der Waals surface area contributed by atoms with Gasteiger partial charge in [-0.15, -0.1) is 0 Å². The number of Topliss-reactive ketones (excluding diaryl/α,β-unsaturated/α-hetero) is 1. The predicted octanol–water partition coefficient (Wildman–Crippen LogP) is 0.773. The first-order valence-electron chi connectivity index (χ1n) is 2.27. The summed E-state index contributed by atoms with van der Waals surface area (Å²) < 4.78 is 0. The molecule has 0 radical (unpaired) electrons. The number of likely N-dealkylation sites (N-methyl/N-ethyl adjacent to an activating group) is 1. The van der Waals surface area contributed by atoms with Gasteiger partial charge in [-0.1, -0.05) is 7.43 Å². The molecular weight excluding hydrogens is 102 g/mol. The van der Waals surface area contributed by atoms with Crippen LogP contribution in [0, 0.1) is 0 Å². The molecule has 0 aliphatic heterocycles. The van der Waals surface area contributed by atoms with Crippen molar-refractivity contribution in [2.24, 2.45) is 0 Å². The third kappa shape index (κ3) is 9.16. The molecule has 0 saturated heterocycles. The fourth-order valence-corrected chi connectivity index (χ4v) is 0.445. The smallest absolute Gasteiger partial charge is 0.143 e. The molecule has 0 amide bonds. The fraction of sp³-hybridized carbons (Fsp3) is 0.833. The van der Waals surface area contributed by atoms with Crippen molar-refractivity contribution >= 4 is 5.78 Å². The van der Waals surface area contributed by atoms with Crippen molar-refractivity contribution < 1.29 is 4.79 Å².